The number of nitrogens with one attached hydrogen (secondary N) is 1. The van der Waals surface area contributed by atoms with Gasteiger partial charge in [-0.05, 0) is 23.6 Å². The highest BCUT2D eigenvalue weighted by molar-refractivity contribution is 7.10. The number of aliphatic imine (C=N–C) groups is 1. The minimum absolute atomic E-state index is 0.706. The van der Waals surface area contributed by atoms with Crippen molar-refractivity contribution in [1.29, 1.82) is 0 Å². The average Bonchev–Trinajstić information content (AvgIpc) is 3.53. The fraction of sp³-hybridized carbons (Fsp3) is 0.450. The number of aryl methyl sites for hydroxylation is 1. The molecule has 0 spiro atoms. The zero-order valence-corrected chi connectivity index (χ0v) is 18.2. The van der Waals surface area contributed by atoms with Crippen molar-refractivity contribution in [3.05, 3.63) is 52.4 Å². The first-order valence-electron chi connectivity index (χ1n) is 9.97. The Morgan fingerprint density at radius 3 is 2.83 bits per heavy atom. The SMILES string of the molecule is CCc1nsc(N2CCN(C(=NCc3cccs3)NCCc3ccco3)CC2)n1. The molecule has 3 aromatic heterocycles. The van der Waals surface area contributed by atoms with Crippen LogP contribution in [0.3, 0.4) is 0 Å². The van der Waals surface area contributed by atoms with E-state index < -0.39 is 0 Å². The molecule has 1 N–H and O–H groups in total. The second-order valence-electron chi connectivity index (χ2n) is 6.80. The number of hydrogen-bond acceptors (Lipinski definition) is 7. The molecule has 9 heteroatoms. The fourth-order valence-corrected chi connectivity index (χ4v) is 4.63. The van der Waals surface area contributed by atoms with E-state index in [0.717, 1.165) is 68.2 Å². The van der Waals surface area contributed by atoms with Crippen molar-refractivity contribution in [3.8, 4) is 0 Å². The third kappa shape index (κ3) is 5.36. The summed E-state index contributed by atoms with van der Waals surface area (Å²) in [5.41, 5.74) is 0. The fourth-order valence-electron chi connectivity index (χ4n) is 3.20. The van der Waals surface area contributed by atoms with Gasteiger partial charge in [-0.1, -0.05) is 13.0 Å². The first-order chi connectivity index (χ1) is 14.3. The molecule has 1 fully saturated rings. The van der Waals surface area contributed by atoms with Crippen LogP contribution >= 0.6 is 22.9 Å². The summed E-state index contributed by atoms with van der Waals surface area (Å²) in [5, 5.41) is 6.66. The molecule has 0 aliphatic carbocycles. The molecule has 0 atom stereocenters. The Morgan fingerprint density at radius 2 is 2.14 bits per heavy atom. The number of rotatable bonds is 7. The highest BCUT2D eigenvalue weighted by atomic mass is 32.1. The standard InChI is InChI=1S/C20H26N6OS2/c1-2-18-23-20(29-24-18)26-11-9-25(10-12-26)19(22-15-17-6-4-14-28-17)21-8-7-16-5-3-13-27-16/h3-6,13-14H,2,7-12,15H2,1H3,(H,21,22). The number of aromatic nitrogens is 2. The van der Waals surface area contributed by atoms with Gasteiger partial charge >= 0.3 is 0 Å². The summed E-state index contributed by atoms with van der Waals surface area (Å²) in [6.07, 6.45) is 3.45. The minimum Gasteiger partial charge on any atom is -0.469 e. The van der Waals surface area contributed by atoms with Crippen LogP contribution in [-0.4, -0.2) is 52.9 Å². The Labute approximate surface area is 179 Å². The molecule has 0 bridgehead atoms. The zero-order chi connectivity index (χ0) is 19.9. The van der Waals surface area contributed by atoms with E-state index in [4.69, 9.17) is 9.41 Å². The Morgan fingerprint density at radius 1 is 1.24 bits per heavy atom. The van der Waals surface area contributed by atoms with Gasteiger partial charge in [-0.15, -0.1) is 11.3 Å². The molecule has 0 unspecified atom stereocenters. The molecule has 3 aromatic rings. The van der Waals surface area contributed by atoms with Crippen LogP contribution in [0.25, 0.3) is 0 Å². The lowest BCUT2D eigenvalue weighted by Crippen LogP contribution is -2.52. The van der Waals surface area contributed by atoms with Crippen LogP contribution in [0.5, 0.6) is 0 Å². The molecular weight excluding hydrogens is 404 g/mol. The Hall–Kier alpha value is -2.39. The molecule has 1 aliphatic heterocycles. The minimum atomic E-state index is 0.706. The number of anilines is 1. The third-order valence-corrected chi connectivity index (χ3v) is 6.50. The van der Waals surface area contributed by atoms with E-state index in [-0.39, 0.29) is 0 Å². The van der Waals surface area contributed by atoms with Crippen molar-refractivity contribution in [2.75, 3.05) is 37.6 Å². The second kappa shape index (κ2) is 9.89. The molecular formula is C20H26N6OS2. The van der Waals surface area contributed by atoms with Gasteiger partial charge in [0.1, 0.15) is 11.6 Å². The average molecular weight is 431 g/mol. The molecule has 4 heterocycles. The molecule has 1 saturated heterocycles. The lowest BCUT2D eigenvalue weighted by atomic mass is 10.3. The van der Waals surface area contributed by atoms with Crippen LogP contribution < -0.4 is 10.2 Å². The maximum absolute atomic E-state index is 5.44. The molecule has 7 nitrogen and oxygen atoms in total. The Kier molecular flexibility index (Phi) is 6.79. The van der Waals surface area contributed by atoms with Gasteiger partial charge in [-0.25, -0.2) is 9.98 Å². The van der Waals surface area contributed by atoms with Crippen LogP contribution in [0.15, 0.2) is 45.3 Å². The summed E-state index contributed by atoms with van der Waals surface area (Å²) < 4.78 is 9.86. The van der Waals surface area contributed by atoms with E-state index in [1.165, 1.54) is 16.4 Å². The molecule has 0 aromatic carbocycles. The van der Waals surface area contributed by atoms with Gasteiger partial charge in [0.2, 0.25) is 5.13 Å². The zero-order valence-electron chi connectivity index (χ0n) is 16.6. The van der Waals surface area contributed by atoms with Gasteiger partial charge in [0, 0.05) is 62.0 Å². The van der Waals surface area contributed by atoms with Crippen LogP contribution in [0.4, 0.5) is 5.13 Å². The second-order valence-corrected chi connectivity index (χ2v) is 8.56. The lowest BCUT2D eigenvalue weighted by Gasteiger charge is -2.36. The van der Waals surface area contributed by atoms with Gasteiger partial charge in [-0.2, -0.15) is 4.37 Å². The van der Waals surface area contributed by atoms with E-state index in [0.29, 0.717) is 6.54 Å². The first-order valence-corrected chi connectivity index (χ1v) is 11.6. The Balaban J connectivity index is 1.36. The van der Waals surface area contributed by atoms with Crippen molar-refractivity contribution in [2.45, 2.75) is 26.3 Å². The topological polar surface area (TPSA) is 69.8 Å². The van der Waals surface area contributed by atoms with Crippen molar-refractivity contribution < 1.29 is 4.42 Å². The molecule has 29 heavy (non-hydrogen) atoms. The molecule has 0 saturated carbocycles. The number of guanidine groups is 1. The monoisotopic (exact) mass is 430 g/mol. The summed E-state index contributed by atoms with van der Waals surface area (Å²) in [7, 11) is 0. The van der Waals surface area contributed by atoms with Crippen LogP contribution in [0.2, 0.25) is 0 Å². The molecule has 0 radical (unpaired) electrons. The molecule has 4 rings (SSSR count). The van der Waals surface area contributed by atoms with Gasteiger partial charge in [0.05, 0.1) is 12.8 Å². The van der Waals surface area contributed by atoms with Crippen molar-refractivity contribution >= 4 is 34.0 Å². The Bertz CT molecular complexity index is 882. The van der Waals surface area contributed by atoms with Gasteiger partial charge in [0.15, 0.2) is 5.96 Å². The number of thiophene rings is 1. The van der Waals surface area contributed by atoms with Crippen LogP contribution in [0.1, 0.15) is 23.4 Å². The maximum atomic E-state index is 5.44. The van der Waals surface area contributed by atoms with Crippen LogP contribution in [-0.2, 0) is 19.4 Å². The molecule has 154 valence electrons. The lowest BCUT2D eigenvalue weighted by molar-refractivity contribution is 0.371. The molecule has 1 aliphatic rings. The quantitative estimate of drug-likeness (QED) is 0.458. The van der Waals surface area contributed by atoms with E-state index in [9.17, 15) is 0 Å². The summed E-state index contributed by atoms with van der Waals surface area (Å²) in [4.78, 5) is 15.5. The largest absolute Gasteiger partial charge is 0.469 e. The smallest absolute Gasteiger partial charge is 0.205 e. The summed E-state index contributed by atoms with van der Waals surface area (Å²) in [5.74, 6) is 2.89. The maximum Gasteiger partial charge on any atom is 0.205 e. The number of piperazine rings is 1. The van der Waals surface area contributed by atoms with E-state index in [1.54, 1.807) is 17.6 Å². The van der Waals surface area contributed by atoms with Gasteiger partial charge < -0.3 is 19.5 Å². The predicted octanol–water partition coefficient (Wildman–Crippen LogP) is 3.27. The number of nitrogens with zero attached hydrogens (tertiary/aromatic N) is 5. The third-order valence-electron chi connectivity index (χ3n) is 4.82. The van der Waals surface area contributed by atoms with Crippen molar-refractivity contribution in [3.63, 3.8) is 0 Å². The summed E-state index contributed by atoms with van der Waals surface area (Å²) in [6.45, 7) is 7.28. The highest BCUT2D eigenvalue weighted by Crippen LogP contribution is 2.19. The van der Waals surface area contributed by atoms with Gasteiger partial charge in [0.25, 0.3) is 0 Å². The molecule has 0 amide bonds. The van der Waals surface area contributed by atoms with Crippen molar-refractivity contribution in [2.24, 2.45) is 4.99 Å². The van der Waals surface area contributed by atoms with Gasteiger partial charge in [-0.3, -0.25) is 0 Å². The summed E-state index contributed by atoms with van der Waals surface area (Å²) in [6, 6.07) is 8.14. The van der Waals surface area contributed by atoms with E-state index in [1.807, 2.05) is 12.1 Å². The van der Waals surface area contributed by atoms with Crippen molar-refractivity contribution in [1.82, 2.24) is 19.6 Å². The normalized spacial score (nSPS) is 15.1. The van der Waals surface area contributed by atoms with E-state index in [2.05, 4.69) is 48.9 Å². The highest BCUT2D eigenvalue weighted by Gasteiger charge is 2.22. The summed E-state index contributed by atoms with van der Waals surface area (Å²) >= 11 is 3.25. The number of hydrogen-bond donors (Lipinski definition) is 1. The van der Waals surface area contributed by atoms with E-state index >= 15 is 0 Å². The van der Waals surface area contributed by atoms with Crippen LogP contribution in [0, 0.1) is 0 Å². The predicted molar refractivity (Wildman–Crippen MR) is 119 cm³/mol. The number of furan rings is 1. The first kappa shape index (κ1) is 19.9.